The first kappa shape index (κ1) is 22.6. The van der Waals surface area contributed by atoms with Crippen LogP contribution in [0.3, 0.4) is 0 Å². The summed E-state index contributed by atoms with van der Waals surface area (Å²) in [5.74, 6) is 1.08. The lowest BCUT2D eigenvalue weighted by Crippen LogP contribution is -2.37. The van der Waals surface area contributed by atoms with Crippen LogP contribution in [0.25, 0.3) is 22.4 Å². The molecule has 11 nitrogen and oxygen atoms in total. The predicted octanol–water partition coefficient (Wildman–Crippen LogP) is 2.97. The van der Waals surface area contributed by atoms with Crippen molar-refractivity contribution < 1.29 is 17.6 Å². The lowest BCUT2D eigenvalue weighted by atomic mass is 10.2. The van der Waals surface area contributed by atoms with Crippen molar-refractivity contribution >= 4 is 50.5 Å². The molecule has 1 saturated heterocycles. The fourth-order valence-electron chi connectivity index (χ4n) is 3.61. The Balaban J connectivity index is 1.58. The van der Waals surface area contributed by atoms with Crippen molar-refractivity contribution in [2.24, 2.45) is 0 Å². The van der Waals surface area contributed by atoms with Gasteiger partial charge in [-0.25, -0.2) is 4.98 Å². The van der Waals surface area contributed by atoms with Crippen molar-refractivity contribution in [2.45, 2.75) is 0 Å². The van der Waals surface area contributed by atoms with Crippen LogP contribution in [0, 0.1) is 0 Å². The number of nitrogens with one attached hydrogen (secondary N) is 1. The van der Waals surface area contributed by atoms with Crippen molar-refractivity contribution in [1.29, 1.82) is 0 Å². The first-order valence-electron chi connectivity index (χ1n) is 10.5. The molecule has 0 unspecified atom stereocenters. The average Bonchev–Trinajstić information content (AvgIpc) is 3.43. The summed E-state index contributed by atoms with van der Waals surface area (Å²) in [5, 5.41) is 7.56. The number of aromatic nitrogens is 4. The molecular formula is C21H22ClN7O4S. The van der Waals surface area contributed by atoms with E-state index in [0.717, 1.165) is 8.39 Å². The van der Waals surface area contributed by atoms with Gasteiger partial charge in [-0.15, -0.1) is 9.19 Å². The Morgan fingerprint density at radius 2 is 1.82 bits per heavy atom. The van der Waals surface area contributed by atoms with Gasteiger partial charge in [0.1, 0.15) is 5.52 Å². The highest BCUT2D eigenvalue weighted by atomic mass is 35.5. The zero-order valence-corrected chi connectivity index (χ0v) is 20.0. The van der Waals surface area contributed by atoms with Gasteiger partial charge < -0.3 is 19.4 Å². The number of halogens is 1. The number of hydrogen-bond acceptors (Lipinski definition) is 9. The van der Waals surface area contributed by atoms with Gasteiger partial charge in [-0.05, 0) is 11.6 Å². The first-order valence-corrected chi connectivity index (χ1v) is 12.3. The van der Waals surface area contributed by atoms with Gasteiger partial charge in [0.15, 0.2) is 22.4 Å². The number of anilines is 3. The van der Waals surface area contributed by atoms with Gasteiger partial charge in [0.05, 0.1) is 18.9 Å². The van der Waals surface area contributed by atoms with E-state index in [1.807, 2.05) is 35.2 Å². The summed E-state index contributed by atoms with van der Waals surface area (Å²) in [6, 6.07) is 12.4. The fourth-order valence-corrected chi connectivity index (χ4v) is 4.69. The molecular weight excluding hydrogens is 482 g/mol. The minimum atomic E-state index is -3.88. The van der Waals surface area contributed by atoms with Gasteiger partial charge in [-0.3, -0.25) is 0 Å². The fraction of sp³-hybridized carbons (Fsp3) is 0.286. The lowest BCUT2D eigenvalue weighted by molar-refractivity contribution is 0.122. The zero-order chi connectivity index (χ0) is 23.9. The summed E-state index contributed by atoms with van der Waals surface area (Å²) in [6.45, 7) is 2.40. The number of hydrogen-bond donors (Lipinski definition) is 1. The Morgan fingerprint density at radius 1 is 1.09 bits per heavy atom. The second-order valence-corrected chi connectivity index (χ2v) is 10.1. The highest BCUT2D eigenvalue weighted by Crippen LogP contribution is 2.32. The summed E-state index contributed by atoms with van der Waals surface area (Å²) in [7, 11) is -0.977. The molecule has 0 spiro atoms. The molecule has 13 heteroatoms. The van der Waals surface area contributed by atoms with Gasteiger partial charge in [0.25, 0.3) is 0 Å². The molecule has 1 N–H and O–H groups in total. The third-order valence-electron chi connectivity index (χ3n) is 5.30. The normalized spacial score (nSPS) is 14.8. The van der Waals surface area contributed by atoms with E-state index in [9.17, 15) is 8.42 Å². The zero-order valence-electron chi connectivity index (χ0n) is 18.5. The molecule has 0 bridgehead atoms. The molecule has 34 heavy (non-hydrogen) atoms. The van der Waals surface area contributed by atoms with Crippen LogP contribution >= 0.6 is 11.6 Å². The van der Waals surface area contributed by atoms with E-state index >= 15 is 0 Å². The number of ether oxygens (including phenoxy) is 1. The molecule has 0 amide bonds. The Labute approximate surface area is 201 Å². The van der Waals surface area contributed by atoms with Crippen LogP contribution in [0.15, 0.2) is 46.9 Å². The second kappa shape index (κ2) is 8.87. The minimum absolute atomic E-state index is 0.198. The summed E-state index contributed by atoms with van der Waals surface area (Å²) >= 11 is 6.09. The van der Waals surface area contributed by atoms with Crippen molar-refractivity contribution in [1.82, 2.24) is 23.5 Å². The van der Waals surface area contributed by atoms with E-state index in [2.05, 4.69) is 20.4 Å². The van der Waals surface area contributed by atoms with Crippen molar-refractivity contribution in [3.8, 4) is 11.3 Å². The summed E-state index contributed by atoms with van der Waals surface area (Å²) < 4.78 is 39.1. The molecule has 4 heterocycles. The van der Waals surface area contributed by atoms with Gasteiger partial charge in [0, 0.05) is 44.9 Å². The standard InChI is InChI=1S/C21H22ClN7O4S/c1-27(2)34(30,31)29-16(14-6-4-3-5-7-14)13-18(26-29)24-21-23-15-12-17(22)33-19(15)20(25-21)28-8-10-32-11-9-28/h3-7,12-13H,8-11H2,1-2H3,(H,23,24,25,26). The molecule has 1 fully saturated rings. The summed E-state index contributed by atoms with van der Waals surface area (Å²) in [4.78, 5) is 11.1. The molecule has 5 rings (SSSR count). The van der Waals surface area contributed by atoms with Crippen LogP contribution in [-0.4, -0.2) is 72.3 Å². The quantitative estimate of drug-likeness (QED) is 0.423. The van der Waals surface area contributed by atoms with Crippen LogP contribution < -0.4 is 10.2 Å². The van der Waals surface area contributed by atoms with Crippen LogP contribution in [0.1, 0.15) is 0 Å². The largest absolute Gasteiger partial charge is 0.439 e. The molecule has 1 aliphatic heterocycles. The van der Waals surface area contributed by atoms with Crippen LogP contribution in [-0.2, 0) is 14.9 Å². The third kappa shape index (κ3) is 4.20. The smallest absolute Gasteiger partial charge is 0.323 e. The van der Waals surface area contributed by atoms with Crippen molar-refractivity contribution in [3.05, 3.63) is 47.7 Å². The van der Waals surface area contributed by atoms with Gasteiger partial charge in [0.2, 0.25) is 5.95 Å². The molecule has 0 radical (unpaired) electrons. The third-order valence-corrected chi connectivity index (χ3v) is 7.13. The highest BCUT2D eigenvalue weighted by molar-refractivity contribution is 7.87. The number of furan rings is 1. The van der Waals surface area contributed by atoms with E-state index < -0.39 is 10.2 Å². The number of nitrogens with zero attached hydrogens (tertiary/aromatic N) is 6. The second-order valence-electron chi connectivity index (χ2n) is 7.77. The van der Waals surface area contributed by atoms with E-state index in [4.69, 9.17) is 20.8 Å². The van der Waals surface area contributed by atoms with Crippen LogP contribution in [0.2, 0.25) is 5.22 Å². The first-order chi connectivity index (χ1) is 16.3. The molecule has 1 aromatic carbocycles. The molecule has 178 valence electrons. The molecule has 4 aromatic rings. The van der Waals surface area contributed by atoms with Gasteiger partial charge >= 0.3 is 10.2 Å². The Hall–Kier alpha value is -3.19. The number of benzene rings is 1. The van der Waals surface area contributed by atoms with Crippen molar-refractivity contribution in [3.63, 3.8) is 0 Å². The molecule has 3 aromatic heterocycles. The summed E-state index contributed by atoms with van der Waals surface area (Å²) in [5.41, 5.74) is 2.09. The maximum Gasteiger partial charge on any atom is 0.323 e. The van der Waals surface area contributed by atoms with E-state index in [1.54, 1.807) is 12.1 Å². The number of fused-ring (bicyclic) bond motifs is 1. The van der Waals surface area contributed by atoms with E-state index in [0.29, 0.717) is 54.5 Å². The Morgan fingerprint density at radius 3 is 2.53 bits per heavy atom. The molecule has 0 saturated carbocycles. The highest BCUT2D eigenvalue weighted by Gasteiger charge is 2.25. The van der Waals surface area contributed by atoms with Gasteiger partial charge in [-0.2, -0.15) is 17.7 Å². The maximum absolute atomic E-state index is 13.0. The maximum atomic E-state index is 13.0. The topological polar surface area (TPSA) is 119 Å². The van der Waals surface area contributed by atoms with Crippen LogP contribution in [0.4, 0.5) is 17.6 Å². The molecule has 0 atom stereocenters. The number of rotatable bonds is 6. The molecule has 0 aliphatic carbocycles. The average molecular weight is 504 g/mol. The monoisotopic (exact) mass is 503 g/mol. The van der Waals surface area contributed by atoms with Crippen molar-refractivity contribution in [2.75, 3.05) is 50.6 Å². The number of morpholine rings is 1. The lowest BCUT2D eigenvalue weighted by Gasteiger charge is -2.27. The SMILES string of the molecule is CN(C)S(=O)(=O)n1nc(Nc2nc(N3CCOCC3)c3oc(Cl)cc3n2)cc1-c1ccccc1. The minimum Gasteiger partial charge on any atom is -0.439 e. The van der Waals surface area contributed by atoms with Crippen LogP contribution in [0.5, 0.6) is 0 Å². The predicted molar refractivity (Wildman–Crippen MR) is 129 cm³/mol. The molecule has 1 aliphatic rings. The Kier molecular flexibility index (Phi) is 5.90. The summed E-state index contributed by atoms with van der Waals surface area (Å²) in [6.07, 6.45) is 0. The Bertz CT molecular complexity index is 1430. The van der Waals surface area contributed by atoms with E-state index in [1.165, 1.54) is 14.1 Å². The van der Waals surface area contributed by atoms with Gasteiger partial charge in [-0.1, -0.05) is 30.3 Å². The van der Waals surface area contributed by atoms with E-state index in [-0.39, 0.29) is 17.0 Å².